The van der Waals surface area contributed by atoms with E-state index in [-0.39, 0.29) is 11.7 Å². The van der Waals surface area contributed by atoms with Gasteiger partial charge < -0.3 is 9.15 Å². The number of rotatable bonds is 2. The number of carbonyl (C=O) groups excluding carboxylic acids is 1. The molecule has 1 fully saturated rings. The molecule has 1 aliphatic heterocycles. The van der Waals surface area contributed by atoms with Crippen LogP contribution in [0.25, 0.3) is 11.0 Å². The fourth-order valence-electron chi connectivity index (χ4n) is 2.49. The van der Waals surface area contributed by atoms with Gasteiger partial charge in [0.2, 0.25) is 5.78 Å². The van der Waals surface area contributed by atoms with Crippen LogP contribution in [0.15, 0.2) is 28.7 Å². The van der Waals surface area contributed by atoms with Gasteiger partial charge in [0, 0.05) is 24.5 Å². The molecule has 1 aromatic carbocycles. The Labute approximate surface area is 106 Å². The first-order valence-corrected chi connectivity index (χ1v) is 6.37. The van der Waals surface area contributed by atoms with Crippen molar-refractivity contribution in [3.8, 4) is 0 Å². The zero-order chi connectivity index (χ0) is 12.5. The first-order chi connectivity index (χ1) is 8.75. The van der Waals surface area contributed by atoms with Crippen LogP contribution in [0.2, 0.25) is 0 Å². The van der Waals surface area contributed by atoms with Crippen molar-refractivity contribution >= 4 is 16.8 Å². The lowest BCUT2D eigenvalue weighted by atomic mass is 9.94. The fourth-order valence-corrected chi connectivity index (χ4v) is 2.49. The van der Waals surface area contributed by atoms with Crippen molar-refractivity contribution in [2.24, 2.45) is 5.92 Å². The van der Waals surface area contributed by atoms with Crippen molar-refractivity contribution in [3.05, 3.63) is 35.6 Å². The minimum atomic E-state index is 0.0552. The van der Waals surface area contributed by atoms with Crippen LogP contribution in [-0.2, 0) is 4.74 Å². The molecule has 0 aliphatic carbocycles. The maximum atomic E-state index is 12.3. The number of hydrogen-bond acceptors (Lipinski definition) is 3. The molecule has 0 bridgehead atoms. The molecule has 1 aromatic heterocycles. The van der Waals surface area contributed by atoms with Gasteiger partial charge in [0.15, 0.2) is 5.76 Å². The predicted octanol–water partition coefficient (Wildman–Crippen LogP) is 3.35. The van der Waals surface area contributed by atoms with Gasteiger partial charge in [-0.3, -0.25) is 4.79 Å². The minimum Gasteiger partial charge on any atom is -0.453 e. The summed E-state index contributed by atoms with van der Waals surface area (Å²) in [5.74, 6) is 0.666. The first kappa shape index (κ1) is 11.5. The lowest BCUT2D eigenvalue weighted by molar-refractivity contribution is 0.0529. The van der Waals surface area contributed by atoms with E-state index in [1.807, 2.05) is 31.2 Å². The van der Waals surface area contributed by atoms with Gasteiger partial charge in [0.05, 0.1) is 0 Å². The normalized spacial score (nSPS) is 17.2. The third kappa shape index (κ3) is 1.95. The van der Waals surface area contributed by atoms with Gasteiger partial charge in [-0.2, -0.15) is 0 Å². The second kappa shape index (κ2) is 4.58. The van der Waals surface area contributed by atoms with Gasteiger partial charge in [0.1, 0.15) is 5.58 Å². The molecule has 3 heteroatoms. The largest absolute Gasteiger partial charge is 0.453 e. The highest BCUT2D eigenvalue weighted by Crippen LogP contribution is 2.26. The fraction of sp³-hybridized carbons (Fsp3) is 0.400. The van der Waals surface area contributed by atoms with E-state index < -0.39 is 0 Å². The van der Waals surface area contributed by atoms with E-state index in [4.69, 9.17) is 9.15 Å². The molecule has 0 saturated carbocycles. The molecule has 94 valence electrons. The van der Waals surface area contributed by atoms with Gasteiger partial charge in [-0.05, 0) is 31.4 Å². The number of ether oxygens (including phenoxy) is 1. The summed E-state index contributed by atoms with van der Waals surface area (Å²) in [5.41, 5.74) is 1.89. The highest BCUT2D eigenvalue weighted by molar-refractivity contribution is 5.99. The number of para-hydroxylation sites is 1. The SMILES string of the molecule is Cc1cccc2cc(C(=O)C3CCOCC3)oc12. The van der Waals surface area contributed by atoms with E-state index in [1.54, 1.807) is 0 Å². The van der Waals surface area contributed by atoms with Crippen LogP contribution in [-0.4, -0.2) is 19.0 Å². The summed E-state index contributed by atoms with van der Waals surface area (Å²) in [4.78, 5) is 12.3. The Morgan fingerprint density at radius 2 is 2.06 bits per heavy atom. The maximum Gasteiger partial charge on any atom is 0.201 e. The van der Waals surface area contributed by atoms with Crippen molar-refractivity contribution in [3.63, 3.8) is 0 Å². The number of ketones is 1. The number of benzene rings is 1. The molecule has 3 nitrogen and oxygen atoms in total. The molecule has 2 heterocycles. The number of aryl methyl sites for hydroxylation is 1. The Balaban J connectivity index is 1.94. The minimum absolute atomic E-state index is 0.0552. The molecule has 2 aromatic rings. The van der Waals surface area contributed by atoms with Crippen LogP contribution >= 0.6 is 0 Å². The van der Waals surface area contributed by atoms with Crippen molar-refractivity contribution in [2.75, 3.05) is 13.2 Å². The average molecular weight is 244 g/mol. The van der Waals surface area contributed by atoms with Gasteiger partial charge in [0.25, 0.3) is 0 Å². The first-order valence-electron chi connectivity index (χ1n) is 6.37. The molecule has 0 unspecified atom stereocenters. The van der Waals surface area contributed by atoms with E-state index in [9.17, 15) is 4.79 Å². The third-order valence-corrected chi connectivity index (χ3v) is 3.58. The number of fused-ring (bicyclic) bond motifs is 1. The number of furan rings is 1. The molecule has 3 rings (SSSR count). The molecule has 0 N–H and O–H groups in total. The molecule has 1 aliphatic rings. The maximum absolute atomic E-state index is 12.3. The van der Waals surface area contributed by atoms with Crippen LogP contribution in [0.3, 0.4) is 0 Å². The topological polar surface area (TPSA) is 39.4 Å². The standard InChI is InChI=1S/C15H16O3/c1-10-3-2-4-12-9-13(18-15(10)12)14(16)11-5-7-17-8-6-11/h2-4,9,11H,5-8H2,1H3. The summed E-state index contributed by atoms with van der Waals surface area (Å²) in [6.45, 7) is 3.35. The van der Waals surface area contributed by atoms with Gasteiger partial charge in [-0.1, -0.05) is 18.2 Å². The number of Topliss-reactive ketones (excluding diaryl/α,β-unsaturated/α-hetero) is 1. The number of hydrogen-bond donors (Lipinski definition) is 0. The van der Waals surface area contributed by atoms with E-state index in [0.29, 0.717) is 19.0 Å². The monoisotopic (exact) mass is 244 g/mol. The zero-order valence-corrected chi connectivity index (χ0v) is 10.4. The van der Waals surface area contributed by atoms with Crippen molar-refractivity contribution in [1.29, 1.82) is 0 Å². The Morgan fingerprint density at radius 1 is 1.28 bits per heavy atom. The van der Waals surface area contributed by atoms with Crippen molar-refractivity contribution in [2.45, 2.75) is 19.8 Å². The van der Waals surface area contributed by atoms with E-state index in [0.717, 1.165) is 29.4 Å². The van der Waals surface area contributed by atoms with Crippen molar-refractivity contribution < 1.29 is 13.9 Å². The van der Waals surface area contributed by atoms with Gasteiger partial charge in [-0.25, -0.2) is 0 Å². The van der Waals surface area contributed by atoms with Crippen LogP contribution in [0.5, 0.6) is 0 Å². The Morgan fingerprint density at radius 3 is 2.78 bits per heavy atom. The van der Waals surface area contributed by atoms with Gasteiger partial charge in [-0.15, -0.1) is 0 Å². The summed E-state index contributed by atoms with van der Waals surface area (Å²) in [7, 11) is 0. The Kier molecular flexibility index (Phi) is 2.92. The second-order valence-corrected chi connectivity index (χ2v) is 4.85. The van der Waals surface area contributed by atoms with Crippen molar-refractivity contribution in [1.82, 2.24) is 0 Å². The van der Waals surface area contributed by atoms with Crippen LogP contribution in [0.4, 0.5) is 0 Å². The molecule has 18 heavy (non-hydrogen) atoms. The smallest absolute Gasteiger partial charge is 0.201 e. The Hall–Kier alpha value is -1.61. The summed E-state index contributed by atoms with van der Waals surface area (Å²) in [5, 5.41) is 1.01. The third-order valence-electron chi connectivity index (χ3n) is 3.58. The molecular weight excluding hydrogens is 228 g/mol. The zero-order valence-electron chi connectivity index (χ0n) is 10.4. The quantitative estimate of drug-likeness (QED) is 0.760. The van der Waals surface area contributed by atoms with E-state index in [2.05, 4.69) is 0 Å². The van der Waals surface area contributed by atoms with Gasteiger partial charge >= 0.3 is 0 Å². The molecule has 0 amide bonds. The summed E-state index contributed by atoms with van der Waals surface area (Å²) < 4.78 is 11.0. The molecule has 1 saturated heterocycles. The molecule has 0 spiro atoms. The average Bonchev–Trinajstić information content (AvgIpc) is 2.84. The molecule has 0 radical (unpaired) electrons. The second-order valence-electron chi connectivity index (χ2n) is 4.85. The molecular formula is C15H16O3. The lowest BCUT2D eigenvalue weighted by Crippen LogP contribution is -2.23. The highest BCUT2D eigenvalue weighted by atomic mass is 16.5. The summed E-state index contributed by atoms with van der Waals surface area (Å²) in [6, 6.07) is 7.82. The highest BCUT2D eigenvalue weighted by Gasteiger charge is 2.25. The van der Waals surface area contributed by atoms with E-state index in [1.165, 1.54) is 0 Å². The van der Waals surface area contributed by atoms with Crippen LogP contribution in [0.1, 0.15) is 29.0 Å². The number of carbonyl (C=O) groups is 1. The predicted molar refractivity (Wildman–Crippen MR) is 68.8 cm³/mol. The summed E-state index contributed by atoms with van der Waals surface area (Å²) in [6.07, 6.45) is 1.60. The van der Waals surface area contributed by atoms with Crippen LogP contribution in [0, 0.1) is 12.8 Å². The Bertz CT molecular complexity index is 576. The van der Waals surface area contributed by atoms with E-state index >= 15 is 0 Å². The van der Waals surface area contributed by atoms with Crippen LogP contribution < -0.4 is 0 Å². The lowest BCUT2D eigenvalue weighted by Gasteiger charge is -2.19. The molecule has 0 atom stereocenters. The summed E-state index contributed by atoms with van der Waals surface area (Å²) >= 11 is 0.